The quantitative estimate of drug-likeness (QED) is 0.567. The van der Waals surface area contributed by atoms with Crippen molar-refractivity contribution < 1.29 is 4.74 Å². The highest BCUT2D eigenvalue weighted by molar-refractivity contribution is 7.80. The molecule has 4 nitrogen and oxygen atoms in total. The van der Waals surface area contributed by atoms with Crippen LogP contribution in [0.5, 0.6) is 0 Å². The summed E-state index contributed by atoms with van der Waals surface area (Å²) in [6.45, 7) is 5.96. The Morgan fingerprint density at radius 3 is 2.69 bits per heavy atom. The van der Waals surface area contributed by atoms with E-state index in [0.717, 1.165) is 23.9 Å². The maximum absolute atomic E-state index is 5.29. The van der Waals surface area contributed by atoms with Gasteiger partial charge in [-0.2, -0.15) is 17.7 Å². The second-order valence-electron chi connectivity index (χ2n) is 2.77. The van der Waals surface area contributed by atoms with Gasteiger partial charge in [-0.1, -0.05) is 0 Å². The highest BCUT2D eigenvalue weighted by Gasteiger charge is 2.00. The molecule has 1 rings (SSSR count). The smallest absolute Gasteiger partial charge is 0.147 e. The van der Waals surface area contributed by atoms with E-state index in [0.29, 0.717) is 13.2 Å². The molecular formula is C8H15N3OS. The molecule has 0 N–H and O–H groups in total. The first kappa shape index (κ1) is 10.5. The van der Waals surface area contributed by atoms with Gasteiger partial charge < -0.3 is 4.74 Å². The van der Waals surface area contributed by atoms with Crippen LogP contribution in [0.1, 0.15) is 11.6 Å². The summed E-state index contributed by atoms with van der Waals surface area (Å²) in [5, 5.41) is 4.21. The molecule has 0 bridgehead atoms. The second-order valence-corrected chi connectivity index (χ2v) is 3.21. The van der Waals surface area contributed by atoms with Crippen LogP contribution in [0.2, 0.25) is 0 Å². The SMILES string of the molecule is Cc1nc(C)n(CCOCCS)n1. The molecule has 0 spiro atoms. The first-order valence-electron chi connectivity index (χ1n) is 4.30. The van der Waals surface area contributed by atoms with Gasteiger partial charge in [0, 0.05) is 5.75 Å². The molecule has 0 aliphatic heterocycles. The van der Waals surface area contributed by atoms with Crippen LogP contribution in [-0.2, 0) is 11.3 Å². The average molecular weight is 201 g/mol. The van der Waals surface area contributed by atoms with Crippen LogP contribution in [0, 0.1) is 13.8 Å². The summed E-state index contributed by atoms with van der Waals surface area (Å²) < 4.78 is 7.14. The monoisotopic (exact) mass is 201 g/mol. The van der Waals surface area contributed by atoms with Crippen molar-refractivity contribution in [1.29, 1.82) is 0 Å². The van der Waals surface area contributed by atoms with Crippen LogP contribution in [0.4, 0.5) is 0 Å². The predicted octanol–water partition coefficient (Wildman–Crippen LogP) is 0.841. The molecule has 74 valence electrons. The van der Waals surface area contributed by atoms with Crippen LogP contribution >= 0.6 is 12.6 Å². The molecule has 0 atom stereocenters. The highest BCUT2D eigenvalue weighted by Crippen LogP contribution is 1.95. The fourth-order valence-corrected chi connectivity index (χ4v) is 1.22. The Hall–Kier alpha value is -0.550. The van der Waals surface area contributed by atoms with E-state index in [-0.39, 0.29) is 0 Å². The van der Waals surface area contributed by atoms with Crippen LogP contribution in [0.3, 0.4) is 0 Å². The molecule has 1 aromatic rings. The molecular weight excluding hydrogens is 186 g/mol. The lowest BCUT2D eigenvalue weighted by atomic mass is 10.6. The number of rotatable bonds is 5. The van der Waals surface area contributed by atoms with E-state index in [1.807, 2.05) is 18.5 Å². The molecule has 0 radical (unpaired) electrons. The largest absolute Gasteiger partial charge is 0.379 e. The zero-order chi connectivity index (χ0) is 9.68. The summed E-state index contributed by atoms with van der Waals surface area (Å²) in [5.41, 5.74) is 0. The van der Waals surface area contributed by atoms with Gasteiger partial charge in [0.25, 0.3) is 0 Å². The maximum Gasteiger partial charge on any atom is 0.147 e. The van der Waals surface area contributed by atoms with Gasteiger partial charge in [-0.05, 0) is 13.8 Å². The number of aryl methyl sites for hydroxylation is 2. The van der Waals surface area contributed by atoms with Gasteiger partial charge in [0.2, 0.25) is 0 Å². The molecule has 0 unspecified atom stereocenters. The topological polar surface area (TPSA) is 39.9 Å². The molecule has 0 aliphatic rings. The van der Waals surface area contributed by atoms with Gasteiger partial charge in [-0.15, -0.1) is 0 Å². The fraction of sp³-hybridized carbons (Fsp3) is 0.750. The molecule has 0 saturated carbocycles. The molecule has 5 heteroatoms. The van der Waals surface area contributed by atoms with Crippen LogP contribution in [-0.4, -0.2) is 33.7 Å². The van der Waals surface area contributed by atoms with Crippen LogP contribution in [0.15, 0.2) is 0 Å². The van der Waals surface area contributed by atoms with Crippen molar-refractivity contribution in [1.82, 2.24) is 14.8 Å². The van der Waals surface area contributed by atoms with E-state index in [4.69, 9.17) is 4.74 Å². The van der Waals surface area contributed by atoms with E-state index >= 15 is 0 Å². The number of hydrogen-bond acceptors (Lipinski definition) is 4. The standard InChI is InChI=1S/C8H15N3OS/c1-7-9-8(2)11(10-7)3-4-12-5-6-13/h13H,3-6H2,1-2H3. The Kier molecular flexibility index (Phi) is 4.24. The third-order valence-corrected chi connectivity index (χ3v) is 1.83. The van der Waals surface area contributed by atoms with E-state index in [1.54, 1.807) is 0 Å². The summed E-state index contributed by atoms with van der Waals surface area (Å²) in [6.07, 6.45) is 0. The van der Waals surface area contributed by atoms with Gasteiger partial charge in [0.15, 0.2) is 0 Å². The van der Waals surface area contributed by atoms with Crippen molar-refractivity contribution in [2.24, 2.45) is 0 Å². The van der Waals surface area contributed by atoms with Crippen molar-refractivity contribution in [2.75, 3.05) is 19.0 Å². The van der Waals surface area contributed by atoms with Gasteiger partial charge >= 0.3 is 0 Å². The minimum atomic E-state index is 0.671. The highest BCUT2D eigenvalue weighted by atomic mass is 32.1. The first-order chi connectivity index (χ1) is 6.24. The summed E-state index contributed by atoms with van der Waals surface area (Å²) >= 11 is 4.05. The third-order valence-electron chi connectivity index (χ3n) is 1.65. The molecule has 13 heavy (non-hydrogen) atoms. The zero-order valence-electron chi connectivity index (χ0n) is 8.03. The first-order valence-corrected chi connectivity index (χ1v) is 4.94. The lowest BCUT2D eigenvalue weighted by Gasteiger charge is -2.03. The molecule has 1 aromatic heterocycles. The summed E-state index contributed by atoms with van der Waals surface area (Å²) in [7, 11) is 0. The van der Waals surface area contributed by atoms with Gasteiger partial charge in [0.05, 0.1) is 19.8 Å². The van der Waals surface area contributed by atoms with E-state index in [1.165, 1.54) is 0 Å². The number of nitrogens with zero attached hydrogens (tertiary/aromatic N) is 3. The van der Waals surface area contributed by atoms with Crippen molar-refractivity contribution in [3.05, 3.63) is 11.6 Å². The van der Waals surface area contributed by atoms with Crippen LogP contribution in [0.25, 0.3) is 0 Å². The molecule has 0 aromatic carbocycles. The molecule has 0 fully saturated rings. The van der Waals surface area contributed by atoms with Crippen molar-refractivity contribution in [2.45, 2.75) is 20.4 Å². The Morgan fingerprint density at radius 1 is 1.38 bits per heavy atom. The Bertz CT molecular complexity index is 262. The molecule has 0 saturated heterocycles. The number of hydrogen-bond donors (Lipinski definition) is 1. The van der Waals surface area contributed by atoms with E-state index < -0.39 is 0 Å². The van der Waals surface area contributed by atoms with Gasteiger partial charge in [0.1, 0.15) is 11.6 Å². The Morgan fingerprint density at radius 2 is 2.15 bits per heavy atom. The minimum Gasteiger partial charge on any atom is -0.379 e. The maximum atomic E-state index is 5.29. The normalized spacial score (nSPS) is 10.7. The van der Waals surface area contributed by atoms with Crippen molar-refractivity contribution in [3.63, 3.8) is 0 Å². The van der Waals surface area contributed by atoms with Gasteiger partial charge in [-0.25, -0.2) is 9.67 Å². The van der Waals surface area contributed by atoms with E-state index in [2.05, 4.69) is 22.7 Å². The summed E-state index contributed by atoms with van der Waals surface area (Å²) in [6, 6.07) is 0. The number of thiol groups is 1. The second kappa shape index (κ2) is 5.24. The molecule has 1 heterocycles. The van der Waals surface area contributed by atoms with Gasteiger partial charge in [-0.3, -0.25) is 0 Å². The van der Waals surface area contributed by atoms with Crippen molar-refractivity contribution >= 4 is 12.6 Å². The predicted molar refractivity (Wildman–Crippen MR) is 54.2 cm³/mol. The van der Waals surface area contributed by atoms with E-state index in [9.17, 15) is 0 Å². The van der Waals surface area contributed by atoms with Crippen molar-refractivity contribution in [3.8, 4) is 0 Å². The fourth-order valence-electron chi connectivity index (χ4n) is 1.09. The number of ether oxygens (including phenoxy) is 1. The molecule has 0 aliphatic carbocycles. The number of aromatic nitrogens is 3. The third kappa shape index (κ3) is 3.36. The lowest BCUT2D eigenvalue weighted by Crippen LogP contribution is -2.10. The Labute approximate surface area is 83.7 Å². The zero-order valence-corrected chi connectivity index (χ0v) is 8.92. The molecule has 0 amide bonds. The lowest BCUT2D eigenvalue weighted by molar-refractivity contribution is 0.138. The van der Waals surface area contributed by atoms with Crippen LogP contribution < -0.4 is 0 Å². The average Bonchev–Trinajstić information content (AvgIpc) is 2.39. The summed E-state index contributed by atoms with van der Waals surface area (Å²) in [4.78, 5) is 4.19. The minimum absolute atomic E-state index is 0.671. The summed E-state index contributed by atoms with van der Waals surface area (Å²) in [5.74, 6) is 2.51. The Balaban J connectivity index is 2.32.